The lowest BCUT2D eigenvalue weighted by Gasteiger charge is -2.21. The molecule has 5 aliphatic heterocycles. The number of rotatable bonds is 24. The van der Waals surface area contributed by atoms with Crippen LogP contribution in [0.2, 0.25) is 0 Å². The number of fused-ring (bicyclic) bond motifs is 4. The third-order valence-electron chi connectivity index (χ3n) is 15.3. The molecule has 20 heteroatoms. The highest BCUT2D eigenvalue weighted by molar-refractivity contribution is 6.07. The highest BCUT2D eigenvalue weighted by atomic mass is 16.5. The SMILES string of the molecule is COc1ccc(C2=CN3C(=O)c4cc(OC)c(OCCCOc5cc6c(cc5OC)C(=O)N5C=C(c7ccc(NC(=O)CNC(=O)C(NC(=O)CCCCCN8C(=O)CC(C(C)C)C8=O)C(C)C)cc7)CC5C=N6)cc4N=C[C@@H]3C2)cc1. The Morgan fingerprint density at radius 2 is 1.18 bits per heavy atom. The number of benzene rings is 4. The van der Waals surface area contributed by atoms with Crippen LogP contribution >= 0.6 is 0 Å². The summed E-state index contributed by atoms with van der Waals surface area (Å²) < 4.78 is 29.0. The van der Waals surface area contributed by atoms with Gasteiger partial charge in [-0.2, -0.15) is 0 Å². The molecular formula is C62H70N8O12. The topological polar surface area (TPSA) is 236 Å². The summed E-state index contributed by atoms with van der Waals surface area (Å²) in [6.07, 6.45) is 11.0. The molecule has 0 aromatic heterocycles. The van der Waals surface area contributed by atoms with Gasteiger partial charge in [0.25, 0.3) is 11.8 Å². The van der Waals surface area contributed by atoms with Crippen LogP contribution in [0.3, 0.4) is 0 Å². The fraction of sp³-hybridized carbons (Fsp3) is 0.403. The Labute approximate surface area is 476 Å². The van der Waals surface area contributed by atoms with Crippen LogP contribution in [0.4, 0.5) is 17.1 Å². The first-order chi connectivity index (χ1) is 39.5. The zero-order valence-electron chi connectivity index (χ0n) is 47.3. The van der Waals surface area contributed by atoms with Gasteiger partial charge in [-0.25, -0.2) is 0 Å². The van der Waals surface area contributed by atoms with Crippen molar-refractivity contribution in [3.8, 4) is 28.7 Å². The number of likely N-dealkylation sites (tertiary alicyclic amines) is 1. The molecule has 0 aliphatic carbocycles. The lowest BCUT2D eigenvalue weighted by molar-refractivity contribution is -0.140. The van der Waals surface area contributed by atoms with Crippen LogP contribution < -0.4 is 39.6 Å². The van der Waals surface area contributed by atoms with E-state index in [2.05, 4.69) is 16.0 Å². The number of unbranched alkanes of at least 4 members (excludes halogenated alkanes) is 2. The minimum atomic E-state index is -0.852. The fourth-order valence-corrected chi connectivity index (χ4v) is 10.6. The minimum Gasteiger partial charge on any atom is -0.497 e. The first-order valence-corrected chi connectivity index (χ1v) is 27.8. The molecule has 82 heavy (non-hydrogen) atoms. The number of nitrogens with zero attached hydrogens (tertiary/aromatic N) is 5. The van der Waals surface area contributed by atoms with Crippen LogP contribution in [0.15, 0.2) is 95.2 Å². The van der Waals surface area contributed by atoms with Crippen LogP contribution in [-0.2, 0) is 24.0 Å². The van der Waals surface area contributed by atoms with Gasteiger partial charge in [-0.05, 0) is 83.3 Å². The van der Waals surface area contributed by atoms with Gasteiger partial charge in [-0.15, -0.1) is 0 Å². The van der Waals surface area contributed by atoms with Gasteiger partial charge in [-0.3, -0.25) is 48.4 Å². The van der Waals surface area contributed by atoms with E-state index in [1.165, 1.54) is 19.1 Å². The molecule has 4 atom stereocenters. The molecule has 5 heterocycles. The molecule has 4 aromatic rings. The highest BCUT2D eigenvalue weighted by Crippen LogP contribution is 2.42. The van der Waals surface area contributed by atoms with E-state index in [1.807, 2.05) is 62.6 Å². The van der Waals surface area contributed by atoms with Crippen molar-refractivity contribution < 1.29 is 57.2 Å². The van der Waals surface area contributed by atoms with Crippen molar-refractivity contribution in [2.45, 2.75) is 97.2 Å². The Morgan fingerprint density at radius 3 is 1.68 bits per heavy atom. The second kappa shape index (κ2) is 25.8. The third-order valence-corrected chi connectivity index (χ3v) is 15.3. The predicted octanol–water partition coefficient (Wildman–Crippen LogP) is 8.29. The average molecular weight is 1120 g/mol. The molecule has 1 fully saturated rings. The second-order valence-corrected chi connectivity index (χ2v) is 21.5. The number of imide groups is 1. The molecule has 1 saturated heterocycles. The molecule has 3 N–H and O–H groups in total. The summed E-state index contributed by atoms with van der Waals surface area (Å²) in [5.74, 6) is 0.0222. The summed E-state index contributed by atoms with van der Waals surface area (Å²) >= 11 is 0. The minimum absolute atomic E-state index is 0.103. The van der Waals surface area contributed by atoms with Gasteiger partial charge in [0.15, 0.2) is 23.0 Å². The first kappa shape index (κ1) is 57.9. The third kappa shape index (κ3) is 13.0. The number of methoxy groups -OCH3 is 3. The largest absolute Gasteiger partial charge is 0.497 e. The number of anilines is 1. The molecule has 5 aliphatic rings. The molecule has 7 amide bonds. The van der Waals surface area contributed by atoms with Gasteiger partial charge in [0.05, 0.1) is 75.7 Å². The van der Waals surface area contributed by atoms with Crippen molar-refractivity contribution in [3.05, 3.63) is 107 Å². The van der Waals surface area contributed by atoms with Crippen molar-refractivity contribution in [1.29, 1.82) is 0 Å². The van der Waals surface area contributed by atoms with Gasteiger partial charge < -0.3 is 49.4 Å². The Morgan fingerprint density at radius 1 is 0.634 bits per heavy atom. The van der Waals surface area contributed by atoms with Gasteiger partial charge >= 0.3 is 0 Å². The van der Waals surface area contributed by atoms with Crippen LogP contribution in [0, 0.1) is 17.8 Å². The number of carbonyl (C=O) groups is 7. The van der Waals surface area contributed by atoms with Gasteiger partial charge in [0.1, 0.15) is 11.8 Å². The second-order valence-electron chi connectivity index (χ2n) is 21.5. The molecule has 0 radical (unpaired) electrons. The van der Waals surface area contributed by atoms with Gasteiger partial charge in [-0.1, -0.05) is 58.4 Å². The van der Waals surface area contributed by atoms with E-state index >= 15 is 0 Å². The summed E-state index contributed by atoms with van der Waals surface area (Å²) in [5, 5.41) is 8.23. The van der Waals surface area contributed by atoms with Crippen molar-refractivity contribution in [2.75, 3.05) is 52.9 Å². The lowest BCUT2D eigenvalue weighted by Crippen LogP contribution is -2.51. The van der Waals surface area contributed by atoms with E-state index in [0.717, 1.165) is 28.0 Å². The normalized spacial score (nSPS) is 18.3. The van der Waals surface area contributed by atoms with Crippen LogP contribution in [-0.4, -0.2) is 134 Å². The van der Waals surface area contributed by atoms with Crippen molar-refractivity contribution >= 4 is 82.0 Å². The molecule has 0 bridgehead atoms. The summed E-state index contributed by atoms with van der Waals surface area (Å²) in [6.45, 7) is 8.01. The molecule has 0 saturated carbocycles. The molecule has 430 valence electrons. The number of nitrogens with one attached hydrogen (secondary N) is 3. The van der Waals surface area contributed by atoms with Gasteiger partial charge in [0, 0.05) is 87.2 Å². The fourth-order valence-electron chi connectivity index (χ4n) is 10.6. The van der Waals surface area contributed by atoms with E-state index in [4.69, 9.17) is 33.7 Å². The zero-order chi connectivity index (χ0) is 58.2. The summed E-state index contributed by atoms with van der Waals surface area (Å²) in [7, 11) is 4.65. The predicted molar refractivity (Wildman–Crippen MR) is 309 cm³/mol. The number of hydrogen-bond donors (Lipinski definition) is 3. The summed E-state index contributed by atoms with van der Waals surface area (Å²) in [6, 6.07) is 20.2. The van der Waals surface area contributed by atoms with E-state index in [-0.39, 0.29) is 92.0 Å². The quantitative estimate of drug-likeness (QED) is 0.0444. The monoisotopic (exact) mass is 1120 g/mol. The number of ether oxygens (including phenoxy) is 5. The molecular weight excluding hydrogens is 1050 g/mol. The van der Waals surface area contributed by atoms with E-state index in [9.17, 15) is 33.6 Å². The van der Waals surface area contributed by atoms with Gasteiger partial charge in [0.2, 0.25) is 29.5 Å². The van der Waals surface area contributed by atoms with Crippen molar-refractivity contribution in [2.24, 2.45) is 27.7 Å². The molecule has 3 unspecified atom stereocenters. The van der Waals surface area contributed by atoms with E-state index < -0.39 is 17.9 Å². The maximum atomic E-state index is 14.1. The number of amides is 7. The van der Waals surface area contributed by atoms with Crippen molar-refractivity contribution in [3.63, 3.8) is 0 Å². The smallest absolute Gasteiger partial charge is 0.260 e. The zero-order valence-corrected chi connectivity index (χ0v) is 47.3. The summed E-state index contributed by atoms with van der Waals surface area (Å²) in [4.78, 5) is 106. The van der Waals surface area contributed by atoms with E-state index in [0.29, 0.717) is 96.3 Å². The number of carbonyl (C=O) groups excluding carboxylic acids is 7. The Bertz CT molecular complexity index is 3240. The highest BCUT2D eigenvalue weighted by Gasteiger charge is 2.40. The van der Waals surface area contributed by atoms with Crippen LogP contribution in [0.1, 0.15) is 111 Å². The maximum Gasteiger partial charge on any atom is 0.260 e. The van der Waals surface area contributed by atoms with E-state index in [1.54, 1.807) is 79.6 Å². The van der Waals surface area contributed by atoms with Crippen molar-refractivity contribution in [1.82, 2.24) is 25.3 Å². The Hall–Kier alpha value is -8.81. The first-order valence-electron chi connectivity index (χ1n) is 27.8. The Kier molecular flexibility index (Phi) is 18.2. The molecule has 9 rings (SSSR count). The molecule has 0 spiro atoms. The number of aliphatic imine (C=N–C) groups is 2. The number of hydrogen-bond acceptors (Lipinski definition) is 14. The van der Waals surface area contributed by atoms with Crippen LogP contribution in [0.25, 0.3) is 11.1 Å². The summed E-state index contributed by atoms with van der Waals surface area (Å²) in [5.41, 5.74) is 5.96. The molecule has 20 nitrogen and oxygen atoms in total. The molecule has 4 aromatic carbocycles. The lowest BCUT2D eigenvalue weighted by atomic mass is 9.94. The van der Waals surface area contributed by atoms with Crippen LogP contribution in [0.5, 0.6) is 28.7 Å². The average Bonchev–Trinajstić information content (AvgIpc) is 3.77. The Balaban J connectivity index is 0.721. The standard InChI is InChI=1S/C62H70N8O12/c1-36(2)46-28-57(73)68(60(46)75)21-10-8-9-12-55(71)67-58(37(3)4)59(74)65-33-56(72)66-42-17-13-38(14-18-42)40-24-43-31-63-49-29-53(51(79-6)26-47(49)61(76)69(43)34-40)81-22-11-23-82-54-30-50-48(27-52(54)80-7)62(77)70-35-41(25-44(70)32-64-50)39-15-19-45(78-5)20-16-39/h13-20,26-27,29-32,34-37,43-44,46,58H,8-12,21-25,28,33H2,1-7H3,(H,65,74)(H,66,72)(H,67,71)/t43?,44-,46?,58?/m0/s1. The maximum absolute atomic E-state index is 14.1.